The molecule has 8 nitrogen and oxygen atoms in total. The van der Waals surface area contributed by atoms with Gasteiger partial charge in [-0.1, -0.05) is 53.7 Å². The van der Waals surface area contributed by atoms with E-state index in [1.54, 1.807) is 34.9 Å². The zero-order valence-corrected chi connectivity index (χ0v) is 19.6. The van der Waals surface area contributed by atoms with Gasteiger partial charge >= 0.3 is 0 Å². The van der Waals surface area contributed by atoms with E-state index in [1.807, 2.05) is 59.9 Å². The lowest BCUT2D eigenvalue weighted by Crippen LogP contribution is -2.24. The van der Waals surface area contributed by atoms with Gasteiger partial charge < -0.3 is 5.32 Å². The largest absolute Gasteiger partial charge is 0.325 e. The molecule has 2 aromatic heterocycles. The van der Waals surface area contributed by atoms with Crippen molar-refractivity contribution in [3.63, 3.8) is 0 Å². The van der Waals surface area contributed by atoms with Gasteiger partial charge in [0.15, 0.2) is 5.16 Å². The number of hydrogen-bond donors (Lipinski definition) is 1. The van der Waals surface area contributed by atoms with Crippen LogP contribution in [-0.4, -0.2) is 30.8 Å². The van der Waals surface area contributed by atoms with Crippen LogP contribution in [-0.2, 0) is 11.3 Å². The topological polar surface area (TPSA) is 105 Å². The molecule has 0 aliphatic rings. The highest BCUT2D eigenvalue weighted by Crippen LogP contribution is 2.22. The van der Waals surface area contributed by atoms with E-state index < -0.39 is 0 Å². The minimum absolute atomic E-state index is 0.103. The standard InChI is InChI=1S/C26H20N6O2S/c1-17-6-8-19(9-7-17)15-31-24(34)21-4-2-3-5-22(21)32-25(31)29-30-26(32)35-16-23(33)28-20-12-10-18(14-27)11-13-20/h2-13H,15-16H2,1H3,(H,28,33). The number of anilines is 1. The van der Waals surface area contributed by atoms with E-state index in [9.17, 15) is 9.59 Å². The van der Waals surface area contributed by atoms with Crippen molar-refractivity contribution in [3.05, 3.63) is 99.8 Å². The average molecular weight is 481 g/mol. The van der Waals surface area contributed by atoms with Crippen LogP contribution in [0.25, 0.3) is 16.7 Å². The van der Waals surface area contributed by atoms with Crippen LogP contribution in [0, 0.1) is 18.3 Å². The van der Waals surface area contributed by atoms with E-state index in [-0.39, 0.29) is 17.2 Å². The quantitative estimate of drug-likeness (QED) is 0.368. The second-order valence-corrected chi connectivity index (χ2v) is 8.98. The number of nitrogens with one attached hydrogen (secondary N) is 1. The van der Waals surface area contributed by atoms with Crippen LogP contribution in [0.2, 0.25) is 0 Å². The number of aromatic nitrogens is 4. The number of thioether (sulfide) groups is 1. The summed E-state index contributed by atoms with van der Waals surface area (Å²) in [6.45, 7) is 2.37. The number of benzene rings is 3. The SMILES string of the molecule is Cc1ccc(Cn2c(=O)c3ccccc3n3c(SCC(=O)Nc4ccc(C#N)cc4)nnc23)cc1. The summed E-state index contributed by atoms with van der Waals surface area (Å²) in [5, 5.41) is 21.4. The zero-order chi connectivity index (χ0) is 24.4. The molecule has 3 aromatic carbocycles. The Bertz CT molecular complexity index is 1650. The van der Waals surface area contributed by atoms with Crippen molar-refractivity contribution < 1.29 is 4.79 Å². The van der Waals surface area contributed by atoms with E-state index in [0.717, 1.165) is 11.1 Å². The van der Waals surface area contributed by atoms with E-state index >= 15 is 0 Å². The summed E-state index contributed by atoms with van der Waals surface area (Å²) in [5.74, 6) is 0.310. The first-order valence-electron chi connectivity index (χ1n) is 10.9. The number of carbonyl (C=O) groups is 1. The second-order valence-electron chi connectivity index (χ2n) is 8.04. The van der Waals surface area contributed by atoms with Crippen LogP contribution in [0.1, 0.15) is 16.7 Å². The van der Waals surface area contributed by atoms with E-state index in [2.05, 4.69) is 15.5 Å². The van der Waals surface area contributed by atoms with Crippen LogP contribution in [0.3, 0.4) is 0 Å². The molecule has 0 saturated carbocycles. The van der Waals surface area contributed by atoms with Crippen LogP contribution in [0.15, 0.2) is 82.7 Å². The van der Waals surface area contributed by atoms with Crippen LogP contribution in [0.5, 0.6) is 0 Å². The van der Waals surface area contributed by atoms with E-state index in [4.69, 9.17) is 5.26 Å². The maximum atomic E-state index is 13.3. The fourth-order valence-electron chi connectivity index (χ4n) is 3.80. The lowest BCUT2D eigenvalue weighted by Gasteiger charge is -2.11. The number of aryl methyl sites for hydroxylation is 1. The van der Waals surface area contributed by atoms with Crippen LogP contribution in [0.4, 0.5) is 5.69 Å². The molecular weight excluding hydrogens is 460 g/mol. The van der Waals surface area contributed by atoms with Crippen molar-refractivity contribution in [1.29, 1.82) is 5.26 Å². The molecule has 0 aliphatic carbocycles. The smallest absolute Gasteiger partial charge is 0.263 e. The van der Waals surface area contributed by atoms with Crippen molar-refractivity contribution in [2.45, 2.75) is 18.6 Å². The Morgan fingerprint density at radius 2 is 1.77 bits per heavy atom. The lowest BCUT2D eigenvalue weighted by molar-refractivity contribution is -0.113. The molecule has 0 bridgehead atoms. The van der Waals surface area contributed by atoms with Gasteiger partial charge in [-0.3, -0.25) is 18.6 Å². The molecule has 0 unspecified atom stereocenters. The van der Waals surface area contributed by atoms with Gasteiger partial charge in [-0.2, -0.15) is 5.26 Å². The third-order valence-corrected chi connectivity index (χ3v) is 6.50. The minimum Gasteiger partial charge on any atom is -0.325 e. The first kappa shape index (κ1) is 22.4. The number of amides is 1. The lowest BCUT2D eigenvalue weighted by atomic mass is 10.1. The molecule has 0 spiro atoms. The molecule has 172 valence electrons. The summed E-state index contributed by atoms with van der Waals surface area (Å²) in [4.78, 5) is 25.9. The average Bonchev–Trinajstić information content (AvgIpc) is 3.31. The fraction of sp³-hybridized carbons (Fsp3) is 0.115. The molecule has 1 amide bonds. The summed E-state index contributed by atoms with van der Waals surface area (Å²) in [6, 6.07) is 24.0. The maximum absolute atomic E-state index is 13.3. The Balaban J connectivity index is 1.47. The molecule has 0 saturated heterocycles. The van der Waals surface area contributed by atoms with Crippen molar-refractivity contribution >= 4 is 40.0 Å². The monoisotopic (exact) mass is 480 g/mol. The Kier molecular flexibility index (Phi) is 6.04. The number of fused-ring (bicyclic) bond motifs is 3. The van der Waals surface area contributed by atoms with Crippen molar-refractivity contribution in [2.24, 2.45) is 0 Å². The molecule has 5 rings (SSSR count). The van der Waals surface area contributed by atoms with Gasteiger partial charge in [-0.15, -0.1) is 10.2 Å². The molecule has 1 N–H and O–H groups in total. The predicted octanol–water partition coefficient (Wildman–Crippen LogP) is 4.00. The third-order valence-electron chi connectivity index (χ3n) is 5.57. The number of rotatable bonds is 6. The summed E-state index contributed by atoms with van der Waals surface area (Å²) < 4.78 is 3.44. The molecular formula is C26H20N6O2S. The highest BCUT2D eigenvalue weighted by atomic mass is 32.2. The number of nitriles is 1. The molecule has 9 heteroatoms. The highest BCUT2D eigenvalue weighted by molar-refractivity contribution is 7.99. The summed E-state index contributed by atoms with van der Waals surface area (Å²) in [7, 11) is 0. The summed E-state index contributed by atoms with van der Waals surface area (Å²) >= 11 is 1.24. The number of carbonyl (C=O) groups excluding carboxylic acids is 1. The van der Waals surface area contributed by atoms with Gasteiger partial charge in [0.05, 0.1) is 34.8 Å². The molecule has 0 fully saturated rings. The van der Waals surface area contributed by atoms with Gasteiger partial charge in [-0.05, 0) is 48.9 Å². The first-order chi connectivity index (χ1) is 17.0. The van der Waals surface area contributed by atoms with Crippen LogP contribution >= 0.6 is 11.8 Å². The van der Waals surface area contributed by atoms with Crippen LogP contribution < -0.4 is 10.9 Å². The number of hydrogen-bond acceptors (Lipinski definition) is 6. The zero-order valence-electron chi connectivity index (χ0n) is 18.8. The van der Waals surface area contributed by atoms with Crippen molar-refractivity contribution in [2.75, 3.05) is 11.1 Å². The molecule has 0 atom stereocenters. The van der Waals surface area contributed by atoms with Gasteiger partial charge in [0.1, 0.15) is 0 Å². The molecule has 35 heavy (non-hydrogen) atoms. The molecule has 2 heterocycles. The van der Waals surface area contributed by atoms with Gasteiger partial charge in [0, 0.05) is 5.69 Å². The van der Waals surface area contributed by atoms with E-state index in [0.29, 0.717) is 39.6 Å². The normalized spacial score (nSPS) is 11.0. The van der Waals surface area contributed by atoms with Crippen molar-refractivity contribution in [1.82, 2.24) is 19.2 Å². The second kappa shape index (κ2) is 9.44. The summed E-state index contributed by atoms with van der Waals surface area (Å²) in [5.41, 5.74) is 3.80. The number of nitrogens with zero attached hydrogens (tertiary/aromatic N) is 5. The Hall–Kier alpha value is -4.42. The van der Waals surface area contributed by atoms with Gasteiger partial charge in [-0.25, -0.2) is 0 Å². The van der Waals surface area contributed by atoms with Crippen molar-refractivity contribution in [3.8, 4) is 6.07 Å². The molecule has 5 aromatic rings. The van der Waals surface area contributed by atoms with E-state index in [1.165, 1.54) is 11.8 Å². The first-order valence-corrected chi connectivity index (χ1v) is 11.9. The minimum atomic E-state index is -0.214. The maximum Gasteiger partial charge on any atom is 0.263 e. The Morgan fingerprint density at radius 3 is 2.51 bits per heavy atom. The molecule has 0 aliphatic heterocycles. The highest BCUT2D eigenvalue weighted by Gasteiger charge is 2.18. The number of para-hydroxylation sites is 1. The Morgan fingerprint density at radius 1 is 1.03 bits per heavy atom. The Labute approximate surface area is 204 Å². The molecule has 0 radical (unpaired) electrons. The fourth-order valence-corrected chi connectivity index (χ4v) is 4.54. The van der Waals surface area contributed by atoms with Gasteiger partial charge in [0.2, 0.25) is 11.7 Å². The summed E-state index contributed by atoms with van der Waals surface area (Å²) in [6.07, 6.45) is 0. The van der Waals surface area contributed by atoms with Gasteiger partial charge in [0.25, 0.3) is 5.56 Å². The predicted molar refractivity (Wildman–Crippen MR) is 136 cm³/mol. The third kappa shape index (κ3) is 4.52.